The van der Waals surface area contributed by atoms with Crippen molar-refractivity contribution in [1.82, 2.24) is 0 Å². The first-order valence-corrected chi connectivity index (χ1v) is 8.91. The number of aryl methyl sites for hydroxylation is 2. The van der Waals surface area contributed by atoms with Crippen LogP contribution in [0.15, 0.2) is 50.2 Å². The van der Waals surface area contributed by atoms with E-state index in [1.165, 1.54) is 0 Å². The minimum absolute atomic E-state index is 0.298. The van der Waals surface area contributed by atoms with Crippen molar-refractivity contribution in [2.75, 3.05) is 4.72 Å². The van der Waals surface area contributed by atoms with Crippen molar-refractivity contribution in [2.24, 2.45) is 0 Å². The first kappa shape index (κ1) is 15.5. The third kappa shape index (κ3) is 3.42. The summed E-state index contributed by atoms with van der Waals surface area (Å²) >= 11 is 6.68. The molecule has 6 heteroatoms. The third-order valence-electron chi connectivity index (χ3n) is 2.81. The number of sulfonamides is 1. The van der Waals surface area contributed by atoms with Gasteiger partial charge < -0.3 is 0 Å². The van der Waals surface area contributed by atoms with Gasteiger partial charge in [0, 0.05) is 8.95 Å². The average molecular weight is 419 g/mol. The van der Waals surface area contributed by atoms with Crippen LogP contribution in [0.1, 0.15) is 11.1 Å². The fourth-order valence-electron chi connectivity index (χ4n) is 1.77. The molecule has 0 radical (unpaired) electrons. The number of benzene rings is 2. The third-order valence-corrected chi connectivity index (χ3v) is 5.47. The molecule has 0 unspecified atom stereocenters. The van der Waals surface area contributed by atoms with Crippen molar-refractivity contribution in [3.8, 4) is 0 Å². The molecule has 3 nitrogen and oxygen atoms in total. The van der Waals surface area contributed by atoms with Gasteiger partial charge >= 0.3 is 0 Å². The van der Waals surface area contributed by atoms with Gasteiger partial charge in [0.25, 0.3) is 10.0 Å². The van der Waals surface area contributed by atoms with Crippen LogP contribution < -0.4 is 4.72 Å². The number of hydrogen-bond acceptors (Lipinski definition) is 2. The molecule has 0 aliphatic carbocycles. The number of anilines is 1. The van der Waals surface area contributed by atoms with Crippen molar-refractivity contribution in [3.05, 3.63) is 56.5 Å². The normalized spacial score (nSPS) is 11.4. The van der Waals surface area contributed by atoms with Crippen LogP contribution in [0.3, 0.4) is 0 Å². The maximum Gasteiger partial charge on any atom is 0.262 e. The summed E-state index contributed by atoms with van der Waals surface area (Å²) in [6.07, 6.45) is 0. The summed E-state index contributed by atoms with van der Waals surface area (Å²) in [5.41, 5.74) is 2.14. The Morgan fingerprint density at radius 1 is 1.00 bits per heavy atom. The van der Waals surface area contributed by atoms with E-state index < -0.39 is 10.0 Å². The molecule has 0 fully saturated rings. The monoisotopic (exact) mass is 417 g/mol. The lowest BCUT2D eigenvalue weighted by Crippen LogP contribution is -2.14. The first-order valence-electron chi connectivity index (χ1n) is 5.85. The minimum atomic E-state index is -3.60. The van der Waals surface area contributed by atoms with E-state index in [0.29, 0.717) is 15.1 Å². The molecule has 0 aliphatic heterocycles. The fraction of sp³-hybridized carbons (Fsp3) is 0.143. The molecule has 0 aliphatic rings. The summed E-state index contributed by atoms with van der Waals surface area (Å²) in [5.74, 6) is 0. The van der Waals surface area contributed by atoms with Gasteiger partial charge in [-0.1, -0.05) is 28.1 Å². The smallest absolute Gasteiger partial charge is 0.262 e. The SMILES string of the molecule is Cc1ccc(C)c(S(=O)(=O)Nc2ccc(Br)cc2Br)c1. The predicted octanol–water partition coefficient (Wildman–Crippen LogP) is 4.63. The molecular weight excluding hydrogens is 406 g/mol. The number of hydrogen-bond donors (Lipinski definition) is 1. The minimum Gasteiger partial charge on any atom is -0.278 e. The molecule has 20 heavy (non-hydrogen) atoms. The van der Waals surface area contributed by atoms with E-state index in [0.717, 1.165) is 15.6 Å². The van der Waals surface area contributed by atoms with E-state index >= 15 is 0 Å². The Balaban J connectivity index is 2.43. The highest BCUT2D eigenvalue weighted by Gasteiger charge is 2.18. The Labute approximate surface area is 135 Å². The van der Waals surface area contributed by atoms with Gasteiger partial charge in [-0.15, -0.1) is 0 Å². The van der Waals surface area contributed by atoms with Crippen LogP contribution in [-0.2, 0) is 10.0 Å². The van der Waals surface area contributed by atoms with Crippen LogP contribution in [0, 0.1) is 13.8 Å². The molecule has 0 saturated heterocycles. The molecule has 0 spiro atoms. The van der Waals surface area contributed by atoms with E-state index in [1.54, 1.807) is 37.3 Å². The second kappa shape index (κ2) is 5.87. The molecule has 2 aromatic carbocycles. The Morgan fingerprint density at radius 2 is 1.70 bits per heavy atom. The predicted molar refractivity (Wildman–Crippen MR) is 88.6 cm³/mol. The average Bonchev–Trinajstić information content (AvgIpc) is 2.35. The van der Waals surface area contributed by atoms with Crippen LogP contribution in [0.2, 0.25) is 0 Å². The zero-order valence-corrected chi connectivity index (χ0v) is 14.9. The van der Waals surface area contributed by atoms with Crippen LogP contribution in [-0.4, -0.2) is 8.42 Å². The molecule has 0 bridgehead atoms. The van der Waals surface area contributed by atoms with Crippen LogP contribution in [0.5, 0.6) is 0 Å². The summed E-state index contributed by atoms with van der Waals surface area (Å²) in [7, 11) is -3.60. The van der Waals surface area contributed by atoms with Gasteiger partial charge in [-0.2, -0.15) is 0 Å². The highest BCUT2D eigenvalue weighted by molar-refractivity contribution is 9.11. The Kier molecular flexibility index (Phi) is 4.56. The Morgan fingerprint density at radius 3 is 2.35 bits per heavy atom. The molecule has 106 valence electrons. The van der Waals surface area contributed by atoms with Gasteiger partial charge in [0.15, 0.2) is 0 Å². The second-order valence-corrected chi connectivity index (χ2v) is 7.92. The van der Waals surface area contributed by atoms with Gasteiger partial charge in [0.1, 0.15) is 0 Å². The summed E-state index contributed by atoms with van der Waals surface area (Å²) in [4.78, 5) is 0.298. The molecule has 2 aromatic rings. The topological polar surface area (TPSA) is 46.2 Å². The van der Waals surface area contributed by atoms with E-state index in [1.807, 2.05) is 13.0 Å². The van der Waals surface area contributed by atoms with E-state index in [4.69, 9.17) is 0 Å². The van der Waals surface area contributed by atoms with Gasteiger partial charge in [0.2, 0.25) is 0 Å². The molecule has 0 atom stereocenters. The first-order chi connectivity index (χ1) is 9.29. The van der Waals surface area contributed by atoms with Crippen LogP contribution in [0.4, 0.5) is 5.69 Å². The van der Waals surface area contributed by atoms with E-state index in [2.05, 4.69) is 36.6 Å². The lowest BCUT2D eigenvalue weighted by Gasteiger charge is -2.12. The number of nitrogens with one attached hydrogen (secondary N) is 1. The largest absolute Gasteiger partial charge is 0.278 e. The number of rotatable bonds is 3. The second-order valence-electron chi connectivity index (χ2n) is 4.50. The van der Waals surface area contributed by atoms with E-state index in [9.17, 15) is 8.42 Å². The lowest BCUT2D eigenvalue weighted by atomic mass is 10.2. The molecular formula is C14H13Br2NO2S. The maximum absolute atomic E-state index is 12.5. The highest BCUT2D eigenvalue weighted by atomic mass is 79.9. The summed E-state index contributed by atoms with van der Waals surface area (Å²) in [6, 6.07) is 10.7. The number of halogens is 2. The maximum atomic E-state index is 12.5. The molecule has 1 N–H and O–H groups in total. The van der Waals surface area contributed by atoms with Crippen LogP contribution in [0.25, 0.3) is 0 Å². The van der Waals surface area contributed by atoms with Gasteiger partial charge in [-0.25, -0.2) is 8.42 Å². The van der Waals surface area contributed by atoms with Gasteiger partial charge in [-0.3, -0.25) is 4.72 Å². The van der Waals surface area contributed by atoms with Gasteiger partial charge in [0.05, 0.1) is 10.6 Å². The standard InChI is InChI=1S/C14H13Br2NO2S/c1-9-3-4-10(2)14(7-9)20(18,19)17-13-6-5-11(15)8-12(13)16/h3-8,17H,1-2H3. The van der Waals surface area contributed by atoms with Gasteiger partial charge in [-0.05, 0) is 65.2 Å². The lowest BCUT2D eigenvalue weighted by molar-refractivity contribution is 0.600. The van der Waals surface area contributed by atoms with Crippen molar-refractivity contribution in [3.63, 3.8) is 0 Å². The highest BCUT2D eigenvalue weighted by Crippen LogP contribution is 2.29. The van der Waals surface area contributed by atoms with Crippen LogP contribution >= 0.6 is 31.9 Å². The van der Waals surface area contributed by atoms with E-state index in [-0.39, 0.29) is 0 Å². The van der Waals surface area contributed by atoms with Crippen molar-refractivity contribution >= 4 is 47.6 Å². The van der Waals surface area contributed by atoms with Crippen molar-refractivity contribution in [1.29, 1.82) is 0 Å². The summed E-state index contributed by atoms with van der Waals surface area (Å²) in [6.45, 7) is 3.65. The molecule has 0 heterocycles. The van der Waals surface area contributed by atoms with Crippen molar-refractivity contribution in [2.45, 2.75) is 18.7 Å². The zero-order chi connectivity index (χ0) is 14.9. The molecule has 0 saturated carbocycles. The quantitative estimate of drug-likeness (QED) is 0.789. The molecule has 2 rings (SSSR count). The Bertz CT molecular complexity index is 758. The summed E-state index contributed by atoms with van der Waals surface area (Å²) < 4.78 is 29.1. The zero-order valence-electron chi connectivity index (χ0n) is 10.9. The Hall–Kier alpha value is -0.850. The molecule has 0 amide bonds. The summed E-state index contributed by atoms with van der Waals surface area (Å²) in [5, 5.41) is 0. The van der Waals surface area contributed by atoms with Crippen molar-refractivity contribution < 1.29 is 8.42 Å². The molecule has 0 aromatic heterocycles. The fourth-order valence-corrected chi connectivity index (χ4v) is 4.46.